The predicted molar refractivity (Wildman–Crippen MR) is 83.1 cm³/mol. The molecule has 0 spiro atoms. The van der Waals surface area contributed by atoms with Gasteiger partial charge in [-0.1, -0.05) is 32.4 Å². The molecule has 1 heterocycles. The molecule has 2 nitrogen and oxygen atoms in total. The Hall–Kier alpha value is -0.850. The van der Waals surface area contributed by atoms with Gasteiger partial charge >= 0.3 is 6.18 Å². The third-order valence-electron chi connectivity index (χ3n) is 4.02. The zero-order valence-electron chi connectivity index (χ0n) is 13.4. The van der Waals surface area contributed by atoms with Crippen molar-refractivity contribution in [3.63, 3.8) is 0 Å². The summed E-state index contributed by atoms with van der Waals surface area (Å²) in [4.78, 5) is 2.02. The highest BCUT2D eigenvalue weighted by atomic mass is 35.5. The lowest BCUT2D eigenvalue weighted by molar-refractivity contribution is -0.137. The molecule has 1 fully saturated rings. The predicted octanol–water partition coefficient (Wildman–Crippen LogP) is 4.49. The quantitative estimate of drug-likeness (QED) is 0.789. The molecule has 0 amide bonds. The highest BCUT2D eigenvalue weighted by Crippen LogP contribution is 2.43. The number of rotatable bonds is 2. The standard InChI is InChI=1S/C16H21ClF4N2/c1-15(2,3)14(23-6-4-22-5-7-23)11-8-10(16(19,20)21)9-12(17)13(11)18/h8-9,14,22H,4-7H2,1-3H3/t14-/m0/s1. The van der Waals surface area contributed by atoms with Crippen molar-refractivity contribution in [1.82, 2.24) is 10.2 Å². The van der Waals surface area contributed by atoms with E-state index in [0.29, 0.717) is 19.2 Å². The fourth-order valence-corrected chi connectivity index (χ4v) is 3.35. The summed E-state index contributed by atoms with van der Waals surface area (Å²) in [6, 6.07) is 1.07. The van der Waals surface area contributed by atoms with Crippen LogP contribution < -0.4 is 5.32 Å². The first-order valence-corrected chi connectivity index (χ1v) is 7.90. The lowest BCUT2D eigenvalue weighted by Crippen LogP contribution is -2.48. The number of halogens is 5. The Kier molecular flexibility index (Phi) is 5.28. The highest BCUT2D eigenvalue weighted by molar-refractivity contribution is 6.30. The van der Waals surface area contributed by atoms with Crippen LogP contribution in [0.25, 0.3) is 0 Å². The maximum Gasteiger partial charge on any atom is 0.416 e. The van der Waals surface area contributed by atoms with Crippen molar-refractivity contribution < 1.29 is 17.6 Å². The summed E-state index contributed by atoms with van der Waals surface area (Å²) < 4.78 is 53.8. The van der Waals surface area contributed by atoms with E-state index in [0.717, 1.165) is 19.2 Å². The Morgan fingerprint density at radius 2 is 1.70 bits per heavy atom. The summed E-state index contributed by atoms with van der Waals surface area (Å²) in [7, 11) is 0. The molecular formula is C16H21ClF4N2. The van der Waals surface area contributed by atoms with Gasteiger partial charge in [0.2, 0.25) is 0 Å². The molecule has 1 atom stereocenters. The number of hydrogen-bond acceptors (Lipinski definition) is 2. The van der Waals surface area contributed by atoms with Crippen molar-refractivity contribution in [1.29, 1.82) is 0 Å². The summed E-state index contributed by atoms with van der Waals surface area (Å²) in [6.07, 6.45) is -4.56. The molecule has 0 unspecified atom stereocenters. The summed E-state index contributed by atoms with van der Waals surface area (Å²) in [5, 5.41) is 2.71. The van der Waals surface area contributed by atoms with Gasteiger partial charge in [0.05, 0.1) is 10.6 Å². The maximum absolute atomic E-state index is 14.6. The van der Waals surface area contributed by atoms with Gasteiger partial charge in [0.15, 0.2) is 0 Å². The molecule has 2 rings (SSSR count). The second-order valence-electron chi connectivity index (χ2n) is 6.91. The van der Waals surface area contributed by atoms with Crippen LogP contribution in [-0.2, 0) is 6.18 Å². The first-order chi connectivity index (χ1) is 10.5. The zero-order chi connectivity index (χ0) is 17.4. The van der Waals surface area contributed by atoms with Gasteiger partial charge in [0.1, 0.15) is 5.82 Å². The van der Waals surface area contributed by atoms with Crippen LogP contribution in [0.4, 0.5) is 17.6 Å². The molecule has 1 aliphatic heterocycles. The third-order valence-corrected chi connectivity index (χ3v) is 4.29. The van der Waals surface area contributed by atoms with E-state index >= 15 is 0 Å². The maximum atomic E-state index is 14.6. The number of nitrogens with one attached hydrogen (secondary N) is 1. The monoisotopic (exact) mass is 352 g/mol. The summed E-state index contributed by atoms with van der Waals surface area (Å²) in [5.74, 6) is -0.766. The molecular weight excluding hydrogens is 332 g/mol. The van der Waals surface area contributed by atoms with Gasteiger partial charge in [0.25, 0.3) is 0 Å². The molecule has 7 heteroatoms. The number of hydrogen-bond donors (Lipinski definition) is 1. The van der Waals surface area contributed by atoms with E-state index in [9.17, 15) is 17.6 Å². The van der Waals surface area contributed by atoms with Gasteiger partial charge in [-0.3, -0.25) is 4.90 Å². The Morgan fingerprint density at radius 3 is 2.17 bits per heavy atom. The summed E-state index contributed by atoms with van der Waals surface area (Å²) >= 11 is 5.75. The smallest absolute Gasteiger partial charge is 0.314 e. The van der Waals surface area contributed by atoms with Gasteiger partial charge in [0, 0.05) is 37.8 Å². The third kappa shape index (κ3) is 4.17. The minimum Gasteiger partial charge on any atom is -0.314 e. The second-order valence-corrected chi connectivity index (χ2v) is 7.32. The topological polar surface area (TPSA) is 15.3 Å². The van der Waals surface area contributed by atoms with Crippen molar-refractivity contribution in [2.24, 2.45) is 5.41 Å². The van der Waals surface area contributed by atoms with Crippen LogP contribution >= 0.6 is 11.6 Å². The van der Waals surface area contributed by atoms with Crippen molar-refractivity contribution in [3.05, 3.63) is 34.1 Å². The van der Waals surface area contributed by atoms with Gasteiger partial charge in [-0.05, 0) is 17.5 Å². The highest BCUT2D eigenvalue weighted by Gasteiger charge is 2.38. The van der Waals surface area contributed by atoms with E-state index in [2.05, 4.69) is 5.32 Å². The van der Waals surface area contributed by atoms with Crippen LogP contribution in [0, 0.1) is 11.2 Å². The molecule has 1 aromatic carbocycles. The number of alkyl halides is 3. The molecule has 0 saturated carbocycles. The summed E-state index contributed by atoms with van der Waals surface area (Å²) in [6.45, 7) is 8.43. The number of nitrogens with zero attached hydrogens (tertiary/aromatic N) is 1. The Balaban J connectivity index is 2.55. The van der Waals surface area contributed by atoms with Gasteiger partial charge in [-0.25, -0.2) is 4.39 Å². The lowest BCUT2D eigenvalue weighted by Gasteiger charge is -2.43. The molecule has 130 valence electrons. The fourth-order valence-electron chi connectivity index (χ4n) is 3.12. The van der Waals surface area contributed by atoms with E-state index < -0.39 is 34.0 Å². The zero-order valence-corrected chi connectivity index (χ0v) is 14.2. The molecule has 1 saturated heterocycles. The van der Waals surface area contributed by atoms with Crippen LogP contribution in [0.5, 0.6) is 0 Å². The van der Waals surface area contributed by atoms with Gasteiger partial charge in [-0.15, -0.1) is 0 Å². The first-order valence-electron chi connectivity index (χ1n) is 7.52. The molecule has 1 N–H and O–H groups in total. The van der Waals surface area contributed by atoms with Crippen molar-refractivity contribution in [3.8, 4) is 0 Å². The van der Waals surface area contributed by atoms with Crippen LogP contribution in [0.1, 0.15) is 37.9 Å². The molecule has 0 aliphatic carbocycles. The van der Waals surface area contributed by atoms with Crippen molar-refractivity contribution in [2.45, 2.75) is 33.0 Å². The molecule has 0 aromatic heterocycles. The molecule has 1 aromatic rings. The van der Waals surface area contributed by atoms with E-state index in [1.54, 1.807) is 0 Å². The Bertz CT molecular complexity index is 560. The SMILES string of the molecule is CC(C)(C)[C@H](c1cc(C(F)(F)F)cc(Cl)c1F)N1CCNCC1. The van der Waals surface area contributed by atoms with Crippen LogP contribution in [0.3, 0.4) is 0 Å². The van der Waals surface area contributed by atoms with Crippen LogP contribution in [0.2, 0.25) is 5.02 Å². The molecule has 0 bridgehead atoms. The van der Waals surface area contributed by atoms with E-state index in [4.69, 9.17) is 11.6 Å². The average molecular weight is 353 g/mol. The molecule has 23 heavy (non-hydrogen) atoms. The van der Waals surface area contributed by atoms with Gasteiger partial charge < -0.3 is 5.32 Å². The molecule has 1 aliphatic rings. The Morgan fingerprint density at radius 1 is 1.13 bits per heavy atom. The van der Waals surface area contributed by atoms with Crippen molar-refractivity contribution >= 4 is 11.6 Å². The van der Waals surface area contributed by atoms with E-state index in [1.165, 1.54) is 0 Å². The first kappa shape index (κ1) is 18.5. The fraction of sp³-hybridized carbons (Fsp3) is 0.625. The number of benzene rings is 1. The van der Waals surface area contributed by atoms with Gasteiger partial charge in [-0.2, -0.15) is 13.2 Å². The summed E-state index contributed by atoms with van der Waals surface area (Å²) in [5.41, 5.74) is -1.34. The van der Waals surface area contributed by atoms with E-state index in [1.807, 2.05) is 25.7 Å². The molecule has 0 radical (unpaired) electrons. The van der Waals surface area contributed by atoms with Crippen molar-refractivity contribution in [2.75, 3.05) is 26.2 Å². The Labute approximate surface area is 138 Å². The second kappa shape index (κ2) is 6.57. The lowest BCUT2D eigenvalue weighted by atomic mass is 9.80. The minimum atomic E-state index is -4.56. The normalized spacial score (nSPS) is 19.0. The largest absolute Gasteiger partial charge is 0.416 e. The average Bonchev–Trinajstić information content (AvgIpc) is 2.42. The van der Waals surface area contributed by atoms with E-state index in [-0.39, 0.29) is 5.56 Å². The minimum absolute atomic E-state index is 0.0132. The van der Waals surface area contributed by atoms with Crippen LogP contribution in [-0.4, -0.2) is 31.1 Å². The van der Waals surface area contributed by atoms with Crippen LogP contribution in [0.15, 0.2) is 12.1 Å². The number of piperazine rings is 1.